The van der Waals surface area contributed by atoms with Crippen LogP contribution in [-0.2, 0) is 6.42 Å². The van der Waals surface area contributed by atoms with Crippen LogP contribution >= 0.6 is 15.9 Å². The first-order valence-corrected chi connectivity index (χ1v) is 6.80. The SMILES string of the molecule is CCC(Br)CCC1CCc2cccnc21. The number of aromatic nitrogens is 1. The van der Waals surface area contributed by atoms with Gasteiger partial charge in [-0.15, -0.1) is 0 Å². The van der Waals surface area contributed by atoms with Crippen molar-refractivity contribution in [2.24, 2.45) is 0 Å². The van der Waals surface area contributed by atoms with Crippen LogP contribution in [0.1, 0.15) is 49.8 Å². The second kappa shape index (κ2) is 5.11. The molecule has 0 fully saturated rings. The second-order valence-electron chi connectivity index (χ2n) is 4.37. The first-order chi connectivity index (χ1) is 7.31. The van der Waals surface area contributed by atoms with Gasteiger partial charge in [0.25, 0.3) is 0 Å². The van der Waals surface area contributed by atoms with Gasteiger partial charge in [0, 0.05) is 22.6 Å². The molecule has 2 unspecified atom stereocenters. The lowest BCUT2D eigenvalue weighted by molar-refractivity contribution is 0.565. The molecule has 1 aliphatic carbocycles. The van der Waals surface area contributed by atoms with E-state index in [1.54, 1.807) is 0 Å². The molecule has 1 nitrogen and oxygen atoms in total. The number of nitrogens with zero attached hydrogens (tertiary/aromatic N) is 1. The van der Waals surface area contributed by atoms with Gasteiger partial charge in [0.2, 0.25) is 0 Å². The molecule has 1 aromatic heterocycles. The molecule has 1 aromatic rings. The van der Waals surface area contributed by atoms with Crippen LogP contribution in [0.4, 0.5) is 0 Å². The highest BCUT2D eigenvalue weighted by atomic mass is 79.9. The van der Waals surface area contributed by atoms with E-state index >= 15 is 0 Å². The molecule has 0 aliphatic heterocycles. The van der Waals surface area contributed by atoms with Gasteiger partial charge in [-0.2, -0.15) is 0 Å². The molecule has 2 atom stereocenters. The topological polar surface area (TPSA) is 12.9 Å². The third-order valence-corrected chi connectivity index (χ3v) is 4.45. The zero-order chi connectivity index (χ0) is 10.7. The Morgan fingerprint density at radius 1 is 1.60 bits per heavy atom. The minimum Gasteiger partial charge on any atom is -0.261 e. The first-order valence-electron chi connectivity index (χ1n) is 5.89. The highest BCUT2D eigenvalue weighted by molar-refractivity contribution is 9.09. The summed E-state index contributed by atoms with van der Waals surface area (Å²) >= 11 is 3.70. The second-order valence-corrected chi connectivity index (χ2v) is 5.66. The van der Waals surface area contributed by atoms with Crippen LogP contribution < -0.4 is 0 Å². The van der Waals surface area contributed by atoms with Gasteiger partial charge in [0.1, 0.15) is 0 Å². The van der Waals surface area contributed by atoms with E-state index in [2.05, 4.69) is 40.0 Å². The lowest BCUT2D eigenvalue weighted by Crippen LogP contribution is -2.01. The molecule has 2 rings (SSSR count). The Labute approximate surface area is 100 Å². The minimum absolute atomic E-state index is 0.685. The summed E-state index contributed by atoms with van der Waals surface area (Å²) in [6.07, 6.45) is 8.25. The van der Waals surface area contributed by atoms with Crippen LogP contribution in [-0.4, -0.2) is 9.81 Å². The third-order valence-electron chi connectivity index (χ3n) is 3.35. The number of fused-ring (bicyclic) bond motifs is 1. The van der Waals surface area contributed by atoms with Crippen LogP contribution in [0.5, 0.6) is 0 Å². The molecular weight excluding hydrogens is 250 g/mol. The Hall–Kier alpha value is -0.370. The summed E-state index contributed by atoms with van der Waals surface area (Å²) in [5.74, 6) is 0.716. The number of pyridine rings is 1. The summed E-state index contributed by atoms with van der Waals surface area (Å²) < 4.78 is 0. The molecule has 15 heavy (non-hydrogen) atoms. The van der Waals surface area contributed by atoms with Gasteiger partial charge in [-0.05, 0) is 43.7 Å². The van der Waals surface area contributed by atoms with E-state index in [0.29, 0.717) is 10.7 Å². The van der Waals surface area contributed by atoms with Crippen molar-refractivity contribution < 1.29 is 0 Å². The predicted octanol–water partition coefficient (Wildman–Crippen LogP) is 4.07. The number of aryl methyl sites for hydroxylation is 1. The van der Waals surface area contributed by atoms with Crippen molar-refractivity contribution in [1.82, 2.24) is 4.98 Å². The smallest absolute Gasteiger partial charge is 0.0466 e. The van der Waals surface area contributed by atoms with Crippen molar-refractivity contribution in [2.45, 2.75) is 49.8 Å². The van der Waals surface area contributed by atoms with E-state index in [-0.39, 0.29) is 0 Å². The van der Waals surface area contributed by atoms with Gasteiger partial charge < -0.3 is 0 Å². The Kier molecular flexibility index (Phi) is 3.79. The van der Waals surface area contributed by atoms with Crippen molar-refractivity contribution in [3.63, 3.8) is 0 Å². The molecule has 0 radical (unpaired) electrons. The first kappa shape index (κ1) is 11.1. The van der Waals surface area contributed by atoms with E-state index in [1.165, 1.54) is 43.4 Å². The fraction of sp³-hybridized carbons (Fsp3) is 0.615. The van der Waals surface area contributed by atoms with Crippen molar-refractivity contribution >= 4 is 15.9 Å². The number of halogens is 1. The largest absolute Gasteiger partial charge is 0.261 e. The van der Waals surface area contributed by atoms with Crippen molar-refractivity contribution in [2.75, 3.05) is 0 Å². The van der Waals surface area contributed by atoms with E-state index in [9.17, 15) is 0 Å². The summed E-state index contributed by atoms with van der Waals surface area (Å²) in [6.45, 7) is 2.24. The Morgan fingerprint density at radius 2 is 2.47 bits per heavy atom. The fourth-order valence-corrected chi connectivity index (χ4v) is 2.63. The number of rotatable bonds is 4. The number of hydrogen-bond acceptors (Lipinski definition) is 1. The quantitative estimate of drug-likeness (QED) is 0.750. The zero-order valence-corrected chi connectivity index (χ0v) is 10.8. The molecule has 1 aliphatic rings. The monoisotopic (exact) mass is 267 g/mol. The summed E-state index contributed by atoms with van der Waals surface area (Å²) in [5, 5.41) is 0. The average molecular weight is 268 g/mol. The van der Waals surface area contributed by atoms with Gasteiger partial charge in [-0.1, -0.05) is 28.9 Å². The van der Waals surface area contributed by atoms with Crippen LogP contribution in [0, 0.1) is 0 Å². The summed E-state index contributed by atoms with van der Waals surface area (Å²) in [4.78, 5) is 5.21. The maximum Gasteiger partial charge on any atom is 0.0466 e. The maximum atomic E-state index is 4.53. The summed E-state index contributed by atoms with van der Waals surface area (Å²) in [6, 6.07) is 4.29. The minimum atomic E-state index is 0.685. The summed E-state index contributed by atoms with van der Waals surface area (Å²) in [5.41, 5.74) is 2.85. The molecule has 0 N–H and O–H groups in total. The molecule has 0 bridgehead atoms. The molecule has 1 heterocycles. The van der Waals surface area contributed by atoms with E-state index in [4.69, 9.17) is 0 Å². The fourth-order valence-electron chi connectivity index (χ4n) is 2.36. The molecule has 2 heteroatoms. The van der Waals surface area contributed by atoms with Crippen molar-refractivity contribution in [3.05, 3.63) is 29.6 Å². The average Bonchev–Trinajstić information content (AvgIpc) is 2.69. The van der Waals surface area contributed by atoms with Gasteiger partial charge in [0.05, 0.1) is 0 Å². The normalized spacial score (nSPS) is 21.3. The van der Waals surface area contributed by atoms with E-state index < -0.39 is 0 Å². The third kappa shape index (κ3) is 2.60. The van der Waals surface area contributed by atoms with Crippen molar-refractivity contribution in [3.8, 4) is 0 Å². The van der Waals surface area contributed by atoms with Crippen LogP contribution in [0.3, 0.4) is 0 Å². The lowest BCUT2D eigenvalue weighted by Gasteiger charge is -2.12. The van der Waals surface area contributed by atoms with Crippen LogP contribution in [0.2, 0.25) is 0 Å². The predicted molar refractivity (Wildman–Crippen MR) is 67.5 cm³/mol. The molecule has 82 valence electrons. The Balaban J connectivity index is 1.96. The molecule has 0 spiro atoms. The Bertz CT molecular complexity index is 324. The molecule has 0 saturated heterocycles. The Morgan fingerprint density at radius 3 is 3.27 bits per heavy atom. The molecule has 0 saturated carbocycles. The van der Waals surface area contributed by atoms with E-state index in [1.807, 2.05) is 6.20 Å². The highest BCUT2D eigenvalue weighted by Gasteiger charge is 2.23. The van der Waals surface area contributed by atoms with E-state index in [0.717, 1.165) is 0 Å². The zero-order valence-electron chi connectivity index (χ0n) is 9.25. The molecule has 0 aromatic carbocycles. The molecular formula is C13H18BrN. The van der Waals surface area contributed by atoms with Crippen LogP contribution in [0.15, 0.2) is 18.3 Å². The summed E-state index contributed by atoms with van der Waals surface area (Å²) in [7, 11) is 0. The number of alkyl halides is 1. The van der Waals surface area contributed by atoms with Gasteiger partial charge in [-0.25, -0.2) is 0 Å². The van der Waals surface area contributed by atoms with Gasteiger partial charge >= 0.3 is 0 Å². The van der Waals surface area contributed by atoms with Crippen molar-refractivity contribution in [1.29, 1.82) is 0 Å². The van der Waals surface area contributed by atoms with Gasteiger partial charge in [-0.3, -0.25) is 4.98 Å². The van der Waals surface area contributed by atoms with Gasteiger partial charge in [0.15, 0.2) is 0 Å². The molecule has 0 amide bonds. The number of hydrogen-bond donors (Lipinski definition) is 0. The maximum absolute atomic E-state index is 4.53. The lowest BCUT2D eigenvalue weighted by atomic mass is 9.99. The highest BCUT2D eigenvalue weighted by Crippen LogP contribution is 2.35. The van der Waals surface area contributed by atoms with Crippen LogP contribution in [0.25, 0.3) is 0 Å². The standard InChI is InChI=1S/C13H18BrN/c1-2-12(14)8-7-11-6-5-10-4-3-9-15-13(10)11/h3-4,9,11-12H,2,5-8H2,1H3.